The van der Waals surface area contributed by atoms with Gasteiger partial charge in [-0.3, -0.25) is 4.79 Å². The number of carbonyl (C=O) groups is 1. The third-order valence-electron chi connectivity index (χ3n) is 3.44. The van der Waals surface area contributed by atoms with Gasteiger partial charge in [0.2, 0.25) is 5.91 Å². The van der Waals surface area contributed by atoms with Gasteiger partial charge in [0.1, 0.15) is 0 Å². The Morgan fingerprint density at radius 3 is 3.17 bits per heavy atom. The minimum Gasteiger partial charge on any atom is -0.380 e. The number of hydrogen-bond donors (Lipinski definition) is 1. The molecule has 0 bridgehead atoms. The van der Waals surface area contributed by atoms with E-state index in [1.807, 2.05) is 11.0 Å². The summed E-state index contributed by atoms with van der Waals surface area (Å²) >= 11 is 1.72. The van der Waals surface area contributed by atoms with Gasteiger partial charge in [-0.2, -0.15) is 0 Å². The Labute approximate surface area is 112 Å². The van der Waals surface area contributed by atoms with Crippen molar-refractivity contribution < 1.29 is 9.53 Å². The van der Waals surface area contributed by atoms with Crippen LogP contribution in [-0.4, -0.2) is 37.1 Å². The number of likely N-dealkylation sites (tertiary alicyclic amines) is 1. The summed E-state index contributed by atoms with van der Waals surface area (Å²) in [5, 5.41) is 2.06. The zero-order valence-corrected chi connectivity index (χ0v) is 11.5. The van der Waals surface area contributed by atoms with Gasteiger partial charge in [0, 0.05) is 25.1 Å². The summed E-state index contributed by atoms with van der Waals surface area (Å²) in [6.45, 7) is 1.24. The van der Waals surface area contributed by atoms with E-state index in [-0.39, 0.29) is 18.1 Å². The zero-order valence-electron chi connectivity index (χ0n) is 10.7. The molecule has 1 fully saturated rings. The highest BCUT2D eigenvalue weighted by atomic mass is 32.1. The Morgan fingerprint density at radius 2 is 2.56 bits per heavy atom. The van der Waals surface area contributed by atoms with E-state index in [0.29, 0.717) is 13.0 Å². The van der Waals surface area contributed by atoms with Crippen molar-refractivity contribution in [1.29, 1.82) is 0 Å². The van der Waals surface area contributed by atoms with Crippen molar-refractivity contribution in [1.82, 2.24) is 4.90 Å². The normalized spacial score (nSPS) is 21.2. The minimum absolute atomic E-state index is 0.156. The Balaban J connectivity index is 2.01. The summed E-state index contributed by atoms with van der Waals surface area (Å²) in [6.07, 6.45) is 2.36. The second-order valence-corrected chi connectivity index (χ2v) is 5.54. The number of thiophene rings is 1. The first kappa shape index (κ1) is 13.5. The standard InChI is InChI=1S/C13H20N2O2S/c1-17-10(9-14)8-13(16)15-6-2-4-11(15)12-5-3-7-18-12/h3,5,7,10-11H,2,4,6,8-9,14H2,1H3. The Hall–Kier alpha value is -0.910. The van der Waals surface area contributed by atoms with Crippen LogP contribution in [0.2, 0.25) is 0 Å². The van der Waals surface area contributed by atoms with Crippen LogP contribution in [0.4, 0.5) is 0 Å². The van der Waals surface area contributed by atoms with Crippen LogP contribution < -0.4 is 5.73 Å². The second-order valence-electron chi connectivity index (χ2n) is 4.56. The van der Waals surface area contributed by atoms with Gasteiger partial charge < -0.3 is 15.4 Å². The summed E-state index contributed by atoms with van der Waals surface area (Å²) in [5.74, 6) is 0.156. The lowest BCUT2D eigenvalue weighted by Gasteiger charge is -2.25. The molecule has 0 aliphatic carbocycles. The lowest BCUT2D eigenvalue weighted by molar-refractivity contribution is -0.134. The first-order valence-corrected chi connectivity index (χ1v) is 7.20. The maximum atomic E-state index is 12.3. The molecular formula is C13H20N2O2S. The lowest BCUT2D eigenvalue weighted by atomic mass is 10.1. The molecule has 100 valence electrons. The largest absolute Gasteiger partial charge is 0.380 e. The maximum absolute atomic E-state index is 12.3. The molecule has 0 aromatic carbocycles. The number of carbonyl (C=O) groups excluding carboxylic acids is 1. The van der Waals surface area contributed by atoms with Crippen LogP contribution in [-0.2, 0) is 9.53 Å². The van der Waals surface area contributed by atoms with Crippen molar-refractivity contribution in [2.45, 2.75) is 31.4 Å². The van der Waals surface area contributed by atoms with E-state index in [4.69, 9.17) is 10.5 Å². The molecule has 1 saturated heterocycles. The van der Waals surface area contributed by atoms with Crippen LogP contribution in [0.1, 0.15) is 30.2 Å². The molecule has 4 nitrogen and oxygen atoms in total. The third-order valence-corrected chi connectivity index (χ3v) is 4.42. The first-order chi connectivity index (χ1) is 8.76. The number of nitrogens with zero attached hydrogens (tertiary/aromatic N) is 1. The fraction of sp³-hybridized carbons (Fsp3) is 0.615. The number of nitrogens with two attached hydrogens (primary N) is 1. The van der Waals surface area contributed by atoms with Gasteiger partial charge in [0.05, 0.1) is 18.6 Å². The molecule has 2 atom stereocenters. The Kier molecular flexibility index (Phi) is 4.74. The predicted molar refractivity (Wildman–Crippen MR) is 72.5 cm³/mol. The van der Waals surface area contributed by atoms with Gasteiger partial charge in [-0.25, -0.2) is 0 Å². The van der Waals surface area contributed by atoms with Gasteiger partial charge in [-0.05, 0) is 24.3 Å². The average molecular weight is 268 g/mol. The molecule has 1 aliphatic heterocycles. The molecule has 2 N–H and O–H groups in total. The van der Waals surface area contributed by atoms with Gasteiger partial charge in [-0.1, -0.05) is 6.07 Å². The van der Waals surface area contributed by atoms with Gasteiger partial charge in [0.15, 0.2) is 0 Å². The van der Waals surface area contributed by atoms with Gasteiger partial charge in [0.25, 0.3) is 0 Å². The van der Waals surface area contributed by atoms with Crippen LogP contribution in [0, 0.1) is 0 Å². The molecule has 1 amide bonds. The molecule has 2 heterocycles. The molecule has 1 aliphatic rings. The summed E-state index contributed by atoms with van der Waals surface area (Å²) in [7, 11) is 1.60. The van der Waals surface area contributed by atoms with E-state index >= 15 is 0 Å². The highest BCUT2D eigenvalue weighted by Crippen LogP contribution is 2.34. The number of ether oxygens (including phenoxy) is 1. The number of methoxy groups -OCH3 is 1. The van der Waals surface area contributed by atoms with Crippen molar-refractivity contribution in [3.05, 3.63) is 22.4 Å². The topological polar surface area (TPSA) is 55.6 Å². The van der Waals surface area contributed by atoms with E-state index in [1.165, 1.54) is 4.88 Å². The van der Waals surface area contributed by atoms with Gasteiger partial charge in [-0.15, -0.1) is 11.3 Å². The van der Waals surface area contributed by atoms with Crippen molar-refractivity contribution in [2.24, 2.45) is 5.73 Å². The molecule has 18 heavy (non-hydrogen) atoms. The molecule has 1 aromatic heterocycles. The summed E-state index contributed by atoms with van der Waals surface area (Å²) < 4.78 is 5.19. The van der Waals surface area contributed by atoms with E-state index < -0.39 is 0 Å². The maximum Gasteiger partial charge on any atom is 0.225 e. The molecule has 0 spiro atoms. The summed E-state index contributed by atoms with van der Waals surface area (Å²) in [4.78, 5) is 15.5. The van der Waals surface area contributed by atoms with E-state index in [9.17, 15) is 4.79 Å². The molecule has 0 saturated carbocycles. The van der Waals surface area contributed by atoms with Crippen LogP contribution in [0.5, 0.6) is 0 Å². The fourth-order valence-corrected chi connectivity index (χ4v) is 3.29. The highest BCUT2D eigenvalue weighted by molar-refractivity contribution is 7.10. The van der Waals surface area contributed by atoms with E-state index in [0.717, 1.165) is 19.4 Å². The minimum atomic E-state index is -0.165. The average Bonchev–Trinajstić information content (AvgIpc) is 3.04. The first-order valence-electron chi connectivity index (χ1n) is 6.32. The SMILES string of the molecule is COC(CN)CC(=O)N1CCCC1c1cccs1. The highest BCUT2D eigenvalue weighted by Gasteiger charge is 2.31. The zero-order chi connectivity index (χ0) is 13.0. The number of hydrogen-bond acceptors (Lipinski definition) is 4. The smallest absolute Gasteiger partial charge is 0.225 e. The fourth-order valence-electron chi connectivity index (χ4n) is 2.42. The van der Waals surface area contributed by atoms with Crippen LogP contribution >= 0.6 is 11.3 Å². The summed E-state index contributed by atoms with van der Waals surface area (Å²) in [5.41, 5.74) is 5.57. The monoisotopic (exact) mass is 268 g/mol. The van der Waals surface area contributed by atoms with E-state index in [1.54, 1.807) is 18.4 Å². The number of rotatable bonds is 5. The third kappa shape index (κ3) is 2.91. The summed E-state index contributed by atoms with van der Waals surface area (Å²) in [6, 6.07) is 4.41. The van der Waals surface area contributed by atoms with Gasteiger partial charge >= 0.3 is 0 Å². The second kappa shape index (κ2) is 6.31. The molecule has 2 unspecified atom stereocenters. The Morgan fingerprint density at radius 1 is 1.72 bits per heavy atom. The van der Waals surface area contributed by atoms with Crippen LogP contribution in [0.25, 0.3) is 0 Å². The lowest BCUT2D eigenvalue weighted by Crippen LogP contribution is -2.35. The molecule has 1 aromatic rings. The van der Waals surface area contributed by atoms with Crippen molar-refractivity contribution >= 4 is 17.2 Å². The van der Waals surface area contributed by atoms with Crippen molar-refractivity contribution in [3.8, 4) is 0 Å². The predicted octanol–water partition coefficient (Wildman–Crippen LogP) is 1.78. The number of amides is 1. The van der Waals surface area contributed by atoms with Crippen LogP contribution in [0.15, 0.2) is 17.5 Å². The van der Waals surface area contributed by atoms with E-state index in [2.05, 4.69) is 11.4 Å². The van der Waals surface area contributed by atoms with Crippen molar-refractivity contribution in [3.63, 3.8) is 0 Å². The molecule has 5 heteroatoms. The van der Waals surface area contributed by atoms with Crippen LogP contribution in [0.3, 0.4) is 0 Å². The van der Waals surface area contributed by atoms with Crippen molar-refractivity contribution in [2.75, 3.05) is 20.2 Å². The molecule has 0 radical (unpaired) electrons. The quantitative estimate of drug-likeness (QED) is 0.885. The molecular weight excluding hydrogens is 248 g/mol. The molecule has 2 rings (SSSR count). The Bertz CT molecular complexity index is 376.